The van der Waals surface area contributed by atoms with E-state index in [0.29, 0.717) is 13.1 Å². The van der Waals surface area contributed by atoms with Gasteiger partial charge in [0.2, 0.25) is 0 Å². The van der Waals surface area contributed by atoms with Crippen molar-refractivity contribution in [3.05, 3.63) is 42.5 Å². The predicted molar refractivity (Wildman–Crippen MR) is 96.2 cm³/mol. The van der Waals surface area contributed by atoms with Crippen LogP contribution in [0.4, 0.5) is 0 Å². The van der Waals surface area contributed by atoms with Gasteiger partial charge < -0.3 is 15.4 Å². The number of rotatable bonds is 6. The van der Waals surface area contributed by atoms with Crippen LogP contribution in [-0.4, -0.2) is 32.2 Å². The van der Waals surface area contributed by atoms with Crippen LogP contribution in [0.2, 0.25) is 0 Å². The minimum Gasteiger partial charge on any atom is -0.489 e. The summed E-state index contributed by atoms with van der Waals surface area (Å²) in [5, 5.41) is 6.32. The lowest BCUT2D eigenvalue weighted by molar-refractivity contribution is 0.222. The minimum absolute atomic E-state index is 0. The zero-order chi connectivity index (χ0) is 14.1. The topological polar surface area (TPSA) is 45.7 Å². The van der Waals surface area contributed by atoms with Crippen LogP contribution in [0.15, 0.2) is 41.9 Å². The number of nitrogens with zero attached hydrogens (tertiary/aromatic N) is 1. The van der Waals surface area contributed by atoms with Crippen molar-refractivity contribution in [1.29, 1.82) is 0 Å². The molecule has 4 nitrogen and oxygen atoms in total. The summed E-state index contributed by atoms with van der Waals surface area (Å²) >= 11 is 0. The molecule has 1 aromatic carbocycles. The lowest BCUT2D eigenvalue weighted by atomic mass is 10.2. The molecule has 0 radical (unpaired) electrons. The summed E-state index contributed by atoms with van der Waals surface area (Å²) in [6.07, 6.45) is 1.85. The van der Waals surface area contributed by atoms with E-state index in [0.717, 1.165) is 17.3 Å². The van der Waals surface area contributed by atoms with Gasteiger partial charge in [-0.05, 0) is 25.5 Å². The molecule has 20 heavy (non-hydrogen) atoms. The molecule has 0 bridgehead atoms. The van der Waals surface area contributed by atoms with Crippen LogP contribution in [-0.2, 0) is 0 Å². The first kappa shape index (κ1) is 18.8. The number of benzene rings is 1. The number of hydrogen-bond acceptors (Lipinski definition) is 2. The Kier molecular flexibility index (Phi) is 9.88. The summed E-state index contributed by atoms with van der Waals surface area (Å²) in [5.74, 6) is 1.67. The number of guanidine groups is 1. The molecule has 1 rings (SSSR count). The largest absolute Gasteiger partial charge is 0.489 e. The van der Waals surface area contributed by atoms with E-state index in [9.17, 15) is 0 Å². The number of ether oxygens (including phenoxy) is 1. The van der Waals surface area contributed by atoms with Gasteiger partial charge in [0, 0.05) is 13.6 Å². The van der Waals surface area contributed by atoms with Gasteiger partial charge in [0.05, 0.1) is 6.54 Å². The molecule has 112 valence electrons. The third-order valence-electron chi connectivity index (χ3n) is 2.62. The van der Waals surface area contributed by atoms with Crippen molar-refractivity contribution in [3.8, 4) is 5.75 Å². The number of hydrogen-bond donors (Lipinski definition) is 2. The molecular weight excluding hydrogens is 365 g/mol. The maximum atomic E-state index is 5.88. The van der Waals surface area contributed by atoms with E-state index < -0.39 is 0 Å². The normalized spacial score (nSPS) is 12.1. The molecule has 0 saturated carbocycles. The quantitative estimate of drug-likeness (QED) is 0.341. The molecule has 0 aliphatic rings. The maximum absolute atomic E-state index is 5.88. The molecule has 0 fully saturated rings. The standard InChI is InChI=1S/C15H23N3O.HI/c1-5-10-17-15(16-4)18-11-13(3)19-14-9-7-6-8-12(14)2;/h5-9,13H,1,10-11H2,2-4H3,(H2,16,17,18);1H. The average Bonchev–Trinajstić information content (AvgIpc) is 2.41. The Balaban J connectivity index is 0.00000361. The maximum Gasteiger partial charge on any atom is 0.191 e. The molecule has 1 atom stereocenters. The Labute approximate surface area is 138 Å². The average molecular weight is 389 g/mol. The van der Waals surface area contributed by atoms with E-state index in [1.165, 1.54) is 0 Å². The summed E-state index contributed by atoms with van der Waals surface area (Å²) < 4.78 is 5.88. The summed E-state index contributed by atoms with van der Waals surface area (Å²) in [7, 11) is 1.74. The van der Waals surface area contributed by atoms with Gasteiger partial charge in [-0.15, -0.1) is 30.6 Å². The number of para-hydroxylation sites is 1. The summed E-state index contributed by atoms with van der Waals surface area (Å²) in [5.41, 5.74) is 1.14. The van der Waals surface area contributed by atoms with Crippen LogP contribution >= 0.6 is 24.0 Å². The molecule has 1 unspecified atom stereocenters. The summed E-state index contributed by atoms with van der Waals surface area (Å²) in [6, 6.07) is 8.01. The Hall–Kier alpha value is -1.24. The van der Waals surface area contributed by atoms with Crippen molar-refractivity contribution >= 4 is 29.9 Å². The van der Waals surface area contributed by atoms with Crippen molar-refractivity contribution in [3.63, 3.8) is 0 Å². The van der Waals surface area contributed by atoms with Crippen LogP contribution < -0.4 is 15.4 Å². The first-order valence-corrected chi connectivity index (χ1v) is 6.45. The molecule has 2 N–H and O–H groups in total. The number of halogens is 1. The molecule has 0 amide bonds. The van der Waals surface area contributed by atoms with Gasteiger partial charge in [0.1, 0.15) is 11.9 Å². The lowest BCUT2D eigenvalue weighted by Gasteiger charge is -2.18. The van der Waals surface area contributed by atoms with Gasteiger partial charge in [0.25, 0.3) is 0 Å². The Morgan fingerprint density at radius 2 is 2.10 bits per heavy atom. The van der Waals surface area contributed by atoms with E-state index >= 15 is 0 Å². The first-order valence-electron chi connectivity index (χ1n) is 6.45. The number of nitrogens with one attached hydrogen (secondary N) is 2. The second-order valence-corrected chi connectivity index (χ2v) is 4.32. The van der Waals surface area contributed by atoms with E-state index in [1.807, 2.05) is 38.1 Å². The SMILES string of the molecule is C=CCNC(=NC)NCC(C)Oc1ccccc1C.I. The summed E-state index contributed by atoms with van der Waals surface area (Å²) in [6.45, 7) is 9.10. The highest BCUT2D eigenvalue weighted by Gasteiger charge is 2.06. The second-order valence-electron chi connectivity index (χ2n) is 4.32. The third kappa shape index (κ3) is 6.79. The molecule has 0 heterocycles. The Morgan fingerprint density at radius 3 is 2.70 bits per heavy atom. The Bertz CT molecular complexity index is 435. The monoisotopic (exact) mass is 389 g/mol. The zero-order valence-corrected chi connectivity index (χ0v) is 14.7. The van der Waals surface area contributed by atoms with Crippen molar-refractivity contribution in [2.75, 3.05) is 20.1 Å². The molecule has 0 saturated heterocycles. The molecular formula is C15H24IN3O. The second kappa shape index (κ2) is 10.5. The van der Waals surface area contributed by atoms with Crippen molar-refractivity contribution < 1.29 is 4.74 Å². The van der Waals surface area contributed by atoms with E-state index in [4.69, 9.17) is 4.74 Å². The van der Waals surface area contributed by atoms with E-state index in [-0.39, 0.29) is 30.1 Å². The van der Waals surface area contributed by atoms with Gasteiger partial charge in [-0.1, -0.05) is 24.3 Å². The number of aliphatic imine (C=N–C) groups is 1. The third-order valence-corrected chi connectivity index (χ3v) is 2.62. The molecule has 0 aromatic heterocycles. The van der Waals surface area contributed by atoms with Gasteiger partial charge in [-0.2, -0.15) is 0 Å². The van der Waals surface area contributed by atoms with Crippen LogP contribution in [0.3, 0.4) is 0 Å². The Morgan fingerprint density at radius 1 is 1.40 bits per heavy atom. The smallest absolute Gasteiger partial charge is 0.191 e. The highest BCUT2D eigenvalue weighted by atomic mass is 127. The number of aryl methyl sites for hydroxylation is 1. The highest BCUT2D eigenvalue weighted by Crippen LogP contribution is 2.17. The van der Waals surface area contributed by atoms with Gasteiger partial charge >= 0.3 is 0 Å². The van der Waals surface area contributed by atoms with Crippen LogP contribution in [0.5, 0.6) is 5.75 Å². The highest BCUT2D eigenvalue weighted by molar-refractivity contribution is 14.0. The fourth-order valence-corrected chi connectivity index (χ4v) is 1.58. The molecule has 0 aliphatic carbocycles. The predicted octanol–water partition coefficient (Wildman–Crippen LogP) is 2.73. The van der Waals surface area contributed by atoms with E-state index in [2.05, 4.69) is 22.2 Å². The molecule has 0 aliphatic heterocycles. The molecule has 0 spiro atoms. The van der Waals surface area contributed by atoms with E-state index in [1.54, 1.807) is 13.1 Å². The van der Waals surface area contributed by atoms with Crippen molar-refractivity contribution in [2.24, 2.45) is 4.99 Å². The molecule has 5 heteroatoms. The minimum atomic E-state index is 0. The van der Waals surface area contributed by atoms with Gasteiger partial charge in [-0.25, -0.2) is 0 Å². The van der Waals surface area contributed by atoms with Gasteiger partial charge in [-0.3, -0.25) is 4.99 Å². The zero-order valence-electron chi connectivity index (χ0n) is 12.3. The lowest BCUT2D eigenvalue weighted by Crippen LogP contribution is -2.41. The first-order chi connectivity index (χ1) is 9.17. The fourth-order valence-electron chi connectivity index (χ4n) is 1.58. The van der Waals surface area contributed by atoms with Gasteiger partial charge in [0.15, 0.2) is 5.96 Å². The van der Waals surface area contributed by atoms with Crippen LogP contribution in [0, 0.1) is 6.92 Å². The van der Waals surface area contributed by atoms with Crippen LogP contribution in [0.1, 0.15) is 12.5 Å². The fraction of sp³-hybridized carbons (Fsp3) is 0.400. The van der Waals surface area contributed by atoms with Crippen molar-refractivity contribution in [1.82, 2.24) is 10.6 Å². The molecule has 1 aromatic rings. The van der Waals surface area contributed by atoms with Crippen molar-refractivity contribution in [2.45, 2.75) is 20.0 Å². The summed E-state index contributed by atoms with van der Waals surface area (Å²) in [4.78, 5) is 4.11. The van der Waals surface area contributed by atoms with Crippen LogP contribution in [0.25, 0.3) is 0 Å².